The summed E-state index contributed by atoms with van der Waals surface area (Å²) in [7, 11) is 0. The van der Waals surface area contributed by atoms with Gasteiger partial charge < -0.3 is 14.2 Å². The Labute approximate surface area is 99.5 Å². The van der Waals surface area contributed by atoms with Gasteiger partial charge in [-0.1, -0.05) is 13.3 Å². The first-order valence-electron chi connectivity index (χ1n) is 6.42. The molecule has 1 fully saturated rings. The zero-order valence-electron chi connectivity index (χ0n) is 11.1. The van der Waals surface area contributed by atoms with Crippen LogP contribution in [0.15, 0.2) is 0 Å². The van der Waals surface area contributed by atoms with Gasteiger partial charge in [0.25, 0.3) is 0 Å². The highest BCUT2D eigenvalue weighted by atomic mass is 16.6. The van der Waals surface area contributed by atoms with Crippen molar-refractivity contribution in [1.29, 1.82) is 0 Å². The molecule has 0 aliphatic carbocycles. The van der Waals surface area contributed by atoms with Crippen LogP contribution in [0.4, 0.5) is 0 Å². The van der Waals surface area contributed by atoms with Gasteiger partial charge in [-0.05, 0) is 27.2 Å². The number of unbranched alkanes of at least 4 members (excludes halogenated alkanes) is 1. The Morgan fingerprint density at radius 3 is 2.56 bits per heavy atom. The molecule has 0 N–H and O–H groups in total. The third kappa shape index (κ3) is 4.81. The normalized spacial score (nSPS) is 28.5. The van der Waals surface area contributed by atoms with E-state index in [1.165, 1.54) is 6.42 Å². The molecule has 1 saturated heterocycles. The van der Waals surface area contributed by atoms with Crippen LogP contribution in [0.25, 0.3) is 0 Å². The fourth-order valence-corrected chi connectivity index (χ4v) is 2.08. The minimum absolute atomic E-state index is 0.0346. The van der Waals surface area contributed by atoms with Gasteiger partial charge >= 0.3 is 0 Å². The van der Waals surface area contributed by atoms with E-state index >= 15 is 0 Å². The molecule has 1 aliphatic rings. The van der Waals surface area contributed by atoms with Crippen LogP contribution in [0.3, 0.4) is 0 Å². The fourth-order valence-electron chi connectivity index (χ4n) is 2.08. The van der Waals surface area contributed by atoms with Crippen LogP contribution < -0.4 is 0 Å². The molecule has 0 bridgehead atoms. The first-order valence-corrected chi connectivity index (χ1v) is 6.42. The van der Waals surface area contributed by atoms with Crippen LogP contribution in [0, 0.1) is 0 Å². The highest BCUT2D eigenvalue weighted by Crippen LogP contribution is 2.31. The summed E-state index contributed by atoms with van der Waals surface area (Å²) in [6, 6.07) is 0. The summed E-state index contributed by atoms with van der Waals surface area (Å²) in [6.45, 7) is 10.7. The average Bonchev–Trinajstić information content (AvgIpc) is 2.45. The van der Waals surface area contributed by atoms with Crippen molar-refractivity contribution in [2.24, 2.45) is 0 Å². The van der Waals surface area contributed by atoms with Crippen LogP contribution in [0.2, 0.25) is 0 Å². The molecule has 1 unspecified atom stereocenters. The third-order valence-electron chi connectivity index (χ3n) is 2.92. The Hall–Kier alpha value is -0.120. The van der Waals surface area contributed by atoms with Gasteiger partial charge in [-0.25, -0.2) is 0 Å². The summed E-state index contributed by atoms with van der Waals surface area (Å²) < 4.78 is 17.0. The molecule has 16 heavy (non-hydrogen) atoms. The molecule has 0 radical (unpaired) electrons. The molecule has 0 amide bonds. The number of hydrogen-bond donors (Lipinski definition) is 0. The quantitative estimate of drug-likeness (QED) is 0.629. The van der Waals surface area contributed by atoms with Gasteiger partial charge in [0.05, 0.1) is 31.0 Å². The Bertz CT molecular complexity index is 192. The lowest BCUT2D eigenvalue weighted by Crippen LogP contribution is -2.23. The summed E-state index contributed by atoms with van der Waals surface area (Å²) in [5.74, 6) is 0. The number of ether oxygens (including phenoxy) is 3. The molecule has 2 atom stereocenters. The van der Waals surface area contributed by atoms with Crippen molar-refractivity contribution in [2.75, 3.05) is 19.8 Å². The highest BCUT2D eigenvalue weighted by molar-refractivity contribution is 4.86. The molecule has 1 heterocycles. The van der Waals surface area contributed by atoms with E-state index in [0.29, 0.717) is 13.2 Å². The van der Waals surface area contributed by atoms with E-state index in [0.717, 1.165) is 19.4 Å². The monoisotopic (exact) mass is 230 g/mol. The van der Waals surface area contributed by atoms with E-state index in [1.807, 2.05) is 0 Å². The second kappa shape index (κ2) is 6.58. The van der Waals surface area contributed by atoms with Crippen molar-refractivity contribution in [2.45, 2.75) is 64.8 Å². The summed E-state index contributed by atoms with van der Waals surface area (Å²) in [6.07, 6.45) is 3.72. The lowest BCUT2D eigenvalue weighted by Gasteiger charge is -2.16. The SMILES string of the molecule is CCCCOCCO[C@@H]1CC(C)(C)OC1C. The first-order chi connectivity index (χ1) is 7.55. The maximum absolute atomic E-state index is 5.79. The molecule has 3 heteroatoms. The van der Waals surface area contributed by atoms with E-state index in [9.17, 15) is 0 Å². The zero-order valence-corrected chi connectivity index (χ0v) is 11.1. The van der Waals surface area contributed by atoms with E-state index in [-0.39, 0.29) is 17.8 Å². The molecule has 1 aliphatic heterocycles. The maximum Gasteiger partial charge on any atom is 0.0862 e. The minimum atomic E-state index is -0.0346. The Morgan fingerprint density at radius 2 is 2.00 bits per heavy atom. The van der Waals surface area contributed by atoms with Crippen molar-refractivity contribution in [3.63, 3.8) is 0 Å². The smallest absolute Gasteiger partial charge is 0.0862 e. The van der Waals surface area contributed by atoms with E-state index < -0.39 is 0 Å². The third-order valence-corrected chi connectivity index (χ3v) is 2.92. The molecule has 96 valence electrons. The Morgan fingerprint density at radius 1 is 1.25 bits per heavy atom. The van der Waals surface area contributed by atoms with Gasteiger partial charge in [0.1, 0.15) is 0 Å². The molecule has 0 spiro atoms. The van der Waals surface area contributed by atoms with Gasteiger partial charge in [0, 0.05) is 13.0 Å². The predicted molar refractivity (Wildman–Crippen MR) is 64.7 cm³/mol. The van der Waals surface area contributed by atoms with Crippen molar-refractivity contribution in [1.82, 2.24) is 0 Å². The van der Waals surface area contributed by atoms with Crippen LogP contribution in [0.5, 0.6) is 0 Å². The molecule has 0 aromatic heterocycles. The molecule has 0 saturated carbocycles. The van der Waals surface area contributed by atoms with Crippen molar-refractivity contribution in [3.8, 4) is 0 Å². The minimum Gasteiger partial charge on any atom is -0.379 e. The van der Waals surface area contributed by atoms with E-state index in [2.05, 4.69) is 27.7 Å². The van der Waals surface area contributed by atoms with Gasteiger partial charge in [-0.15, -0.1) is 0 Å². The topological polar surface area (TPSA) is 27.7 Å². The zero-order chi connectivity index (χ0) is 12.0. The van der Waals surface area contributed by atoms with Gasteiger partial charge in [-0.2, -0.15) is 0 Å². The second-order valence-electron chi connectivity index (χ2n) is 5.16. The largest absolute Gasteiger partial charge is 0.379 e. The lowest BCUT2D eigenvalue weighted by molar-refractivity contribution is -0.0471. The van der Waals surface area contributed by atoms with Crippen LogP contribution in [-0.4, -0.2) is 37.6 Å². The second-order valence-corrected chi connectivity index (χ2v) is 5.16. The summed E-state index contributed by atoms with van der Waals surface area (Å²) in [5, 5.41) is 0. The maximum atomic E-state index is 5.79. The van der Waals surface area contributed by atoms with Crippen molar-refractivity contribution >= 4 is 0 Å². The van der Waals surface area contributed by atoms with Crippen molar-refractivity contribution in [3.05, 3.63) is 0 Å². The van der Waals surface area contributed by atoms with Crippen LogP contribution in [-0.2, 0) is 14.2 Å². The Kier molecular flexibility index (Phi) is 5.73. The molecular formula is C13H26O3. The van der Waals surface area contributed by atoms with Crippen LogP contribution >= 0.6 is 0 Å². The molecule has 1 rings (SSSR count). The molecule has 0 aromatic rings. The van der Waals surface area contributed by atoms with Gasteiger partial charge in [0.2, 0.25) is 0 Å². The average molecular weight is 230 g/mol. The molecule has 0 aromatic carbocycles. The highest BCUT2D eigenvalue weighted by Gasteiger charge is 2.38. The standard InChI is InChI=1S/C13H26O3/c1-5-6-7-14-8-9-15-12-10-13(3,4)16-11(12)2/h11-12H,5-10H2,1-4H3/t11?,12-/m1/s1. The first kappa shape index (κ1) is 13.9. The number of rotatable bonds is 7. The van der Waals surface area contributed by atoms with E-state index in [1.54, 1.807) is 0 Å². The number of hydrogen-bond acceptors (Lipinski definition) is 3. The fraction of sp³-hybridized carbons (Fsp3) is 1.00. The van der Waals surface area contributed by atoms with Gasteiger partial charge in [0.15, 0.2) is 0 Å². The summed E-state index contributed by atoms with van der Waals surface area (Å²) in [5.41, 5.74) is -0.0346. The summed E-state index contributed by atoms with van der Waals surface area (Å²) >= 11 is 0. The molecule has 3 nitrogen and oxygen atoms in total. The predicted octanol–water partition coefficient (Wildman–Crippen LogP) is 2.78. The van der Waals surface area contributed by atoms with Crippen molar-refractivity contribution < 1.29 is 14.2 Å². The summed E-state index contributed by atoms with van der Waals surface area (Å²) in [4.78, 5) is 0. The van der Waals surface area contributed by atoms with E-state index in [4.69, 9.17) is 14.2 Å². The lowest BCUT2D eigenvalue weighted by atomic mass is 10.0. The Balaban J connectivity index is 2.05. The van der Waals surface area contributed by atoms with Gasteiger partial charge in [-0.3, -0.25) is 0 Å². The molecular weight excluding hydrogens is 204 g/mol. The van der Waals surface area contributed by atoms with Crippen LogP contribution in [0.1, 0.15) is 47.0 Å².